The summed E-state index contributed by atoms with van der Waals surface area (Å²) in [4.78, 5) is 43.7. The number of aromatic carboxylic acids is 1. The maximum absolute atomic E-state index is 14.5. The Morgan fingerprint density at radius 3 is 1.83 bits per heavy atom. The molecule has 4 aromatic carbocycles. The van der Waals surface area contributed by atoms with Crippen molar-refractivity contribution in [2.45, 2.75) is 72.7 Å². The zero-order valence-electron chi connectivity index (χ0n) is 37.1. The number of carboxylic acids is 1. The van der Waals surface area contributed by atoms with E-state index in [0.29, 0.717) is 69.1 Å². The molecule has 20 heteroatoms. The van der Waals surface area contributed by atoms with Gasteiger partial charge in [-0.3, -0.25) is 9.44 Å². The molecule has 4 aromatic heterocycles. The summed E-state index contributed by atoms with van der Waals surface area (Å²) in [6.07, 6.45) is 12.5. The number of sulfonamides is 2. The standard InChI is InChI=1S/C49H46N10O8S2/c1-67-49(62)36-23-30(37-24-58(31-9-5-6-10-31)46-42(37)44(50)52-26-54-46)17-20-40(36)57-69(65,66)41-14-8-7-13-34(41)28-15-18-32(21-28)59-25-38(43-45(51)53-27-55-47(43)59)29-16-19-39(35(22-29)48(60)61)56-68(63,64)33-11-3-2-4-12-33/h2-4,7-8,11-14,16-17,19-20,22-28,31-32,56-57H,5-6,9-10,15,18,21H2,1H3,(H,60,61)(H2,50,52,54)(H2,51,53,55). The van der Waals surface area contributed by atoms with E-state index in [1.165, 1.54) is 44.0 Å². The van der Waals surface area contributed by atoms with Gasteiger partial charge < -0.3 is 30.4 Å². The highest BCUT2D eigenvalue weighted by Gasteiger charge is 2.34. The first kappa shape index (κ1) is 45.0. The summed E-state index contributed by atoms with van der Waals surface area (Å²) in [7, 11) is -7.18. The number of hydrogen-bond donors (Lipinski definition) is 5. The van der Waals surface area contributed by atoms with E-state index in [2.05, 4.69) is 33.9 Å². The minimum absolute atomic E-state index is 0.00400. The van der Waals surface area contributed by atoms with Gasteiger partial charge in [-0.2, -0.15) is 0 Å². The molecule has 0 radical (unpaired) electrons. The number of nitrogens with zero attached hydrogens (tertiary/aromatic N) is 6. The van der Waals surface area contributed by atoms with Crippen LogP contribution < -0.4 is 20.9 Å². The Kier molecular flexibility index (Phi) is 11.5. The Morgan fingerprint density at radius 2 is 1.22 bits per heavy atom. The topological polar surface area (TPSA) is 269 Å². The van der Waals surface area contributed by atoms with E-state index in [4.69, 9.17) is 16.2 Å². The minimum atomic E-state index is -4.30. The normalized spacial score (nSPS) is 16.5. The van der Waals surface area contributed by atoms with Crippen LogP contribution in [0.2, 0.25) is 0 Å². The molecular weight excluding hydrogens is 921 g/mol. The lowest BCUT2D eigenvalue weighted by molar-refractivity contribution is 0.0601. The van der Waals surface area contributed by atoms with Crippen molar-refractivity contribution in [3.05, 3.63) is 133 Å². The van der Waals surface area contributed by atoms with Crippen molar-refractivity contribution in [3.8, 4) is 22.3 Å². The number of benzene rings is 4. The van der Waals surface area contributed by atoms with E-state index >= 15 is 0 Å². The fourth-order valence-electron chi connectivity index (χ4n) is 10.0. The molecule has 10 rings (SSSR count). The predicted molar refractivity (Wildman–Crippen MR) is 261 cm³/mol. The van der Waals surface area contributed by atoms with Gasteiger partial charge in [-0.15, -0.1) is 0 Å². The third-order valence-corrected chi connectivity index (χ3v) is 16.1. The quantitative estimate of drug-likeness (QED) is 0.0680. The minimum Gasteiger partial charge on any atom is -0.478 e. The number of nitrogens with two attached hydrogens (primary N) is 2. The molecular formula is C49H46N10O8S2. The molecule has 69 heavy (non-hydrogen) atoms. The molecule has 0 aliphatic heterocycles. The second-order valence-electron chi connectivity index (χ2n) is 17.3. The van der Waals surface area contributed by atoms with Gasteiger partial charge in [0.1, 0.15) is 35.6 Å². The number of carbonyl (C=O) groups is 2. The van der Waals surface area contributed by atoms with Crippen LogP contribution in [0.1, 0.15) is 89.2 Å². The first-order valence-corrected chi connectivity index (χ1v) is 25.2. The molecule has 0 saturated heterocycles. The zero-order valence-corrected chi connectivity index (χ0v) is 38.7. The summed E-state index contributed by atoms with van der Waals surface area (Å²) in [5, 5.41) is 11.4. The number of nitrogen functional groups attached to an aromatic ring is 2. The van der Waals surface area contributed by atoms with Crippen LogP contribution in [-0.4, -0.2) is 70.1 Å². The molecule has 0 amide bonds. The van der Waals surface area contributed by atoms with Crippen LogP contribution in [0.4, 0.5) is 23.0 Å². The first-order chi connectivity index (χ1) is 33.2. The number of nitrogens with one attached hydrogen (secondary N) is 2. The van der Waals surface area contributed by atoms with Gasteiger partial charge in [0.15, 0.2) is 0 Å². The van der Waals surface area contributed by atoms with Gasteiger partial charge in [-0.05, 0) is 97.2 Å². The van der Waals surface area contributed by atoms with Crippen LogP contribution in [-0.2, 0) is 24.8 Å². The molecule has 8 aromatic rings. The van der Waals surface area contributed by atoms with E-state index in [-0.39, 0.29) is 61.9 Å². The summed E-state index contributed by atoms with van der Waals surface area (Å²) in [6, 6.07) is 23.7. The summed E-state index contributed by atoms with van der Waals surface area (Å²) < 4.78 is 69.7. The second kappa shape index (κ2) is 17.7. The number of carbonyl (C=O) groups excluding carboxylic acids is 1. The number of esters is 1. The lowest BCUT2D eigenvalue weighted by Gasteiger charge is -2.19. The van der Waals surface area contributed by atoms with Crippen LogP contribution in [0.15, 0.2) is 126 Å². The highest BCUT2D eigenvalue weighted by atomic mass is 32.2. The van der Waals surface area contributed by atoms with E-state index in [0.717, 1.165) is 25.7 Å². The van der Waals surface area contributed by atoms with Gasteiger partial charge in [0, 0.05) is 35.6 Å². The van der Waals surface area contributed by atoms with Gasteiger partial charge in [-0.25, -0.2) is 46.4 Å². The van der Waals surface area contributed by atoms with Crippen molar-refractivity contribution >= 4 is 77.1 Å². The summed E-state index contributed by atoms with van der Waals surface area (Å²) in [6.45, 7) is 0. The fraction of sp³-hybridized carbons (Fsp3) is 0.224. The van der Waals surface area contributed by atoms with Crippen LogP contribution >= 0.6 is 0 Å². The predicted octanol–water partition coefficient (Wildman–Crippen LogP) is 8.38. The molecule has 18 nitrogen and oxygen atoms in total. The molecule has 352 valence electrons. The van der Waals surface area contributed by atoms with Crippen molar-refractivity contribution in [2.24, 2.45) is 0 Å². The molecule has 2 aliphatic rings. The highest BCUT2D eigenvalue weighted by molar-refractivity contribution is 7.93. The van der Waals surface area contributed by atoms with Crippen molar-refractivity contribution < 1.29 is 36.3 Å². The molecule has 0 spiro atoms. The molecule has 2 fully saturated rings. The number of methoxy groups -OCH3 is 1. The molecule has 0 bridgehead atoms. The fourth-order valence-corrected chi connectivity index (χ4v) is 12.5. The number of anilines is 4. The Labute approximate surface area is 396 Å². The summed E-state index contributed by atoms with van der Waals surface area (Å²) >= 11 is 0. The van der Waals surface area contributed by atoms with Crippen molar-refractivity contribution in [3.63, 3.8) is 0 Å². The average molecular weight is 967 g/mol. The van der Waals surface area contributed by atoms with Gasteiger partial charge >= 0.3 is 11.9 Å². The lowest BCUT2D eigenvalue weighted by atomic mass is 9.97. The molecule has 2 unspecified atom stereocenters. The Bertz CT molecular complexity index is 3570. The van der Waals surface area contributed by atoms with Crippen LogP contribution in [0.25, 0.3) is 44.3 Å². The Morgan fingerprint density at radius 1 is 0.667 bits per heavy atom. The molecule has 2 saturated carbocycles. The number of carboxylic acid groups (broad SMARTS) is 1. The third-order valence-electron chi connectivity index (χ3n) is 13.3. The van der Waals surface area contributed by atoms with Gasteiger partial charge in [-0.1, -0.05) is 61.4 Å². The van der Waals surface area contributed by atoms with Crippen molar-refractivity contribution in [1.29, 1.82) is 0 Å². The SMILES string of the molecule is COC(=O)c1cc(-c2cn(C3CCCC3)c3ncnc(N)c23)ccc1NS(=O)(=O)c1ccccc1C1CCC(n2cc(-c3ccc(NS(=O)(=O)c4ccccc4)c(C(=O)O)c3)c3c(N)ncnc32)C1. The van der Waals surface area contributed by atoms with Crippen LogP contribution in [0.3, 0.4) is 0 Å². The molecule has 2 atom stereocenters. The summed E-state index contributed by atoms with van der Waals surface area (Å²) in [5.41, 5.74) is 16.6. The number of rotatable bonds is 13. The Balaban J connectivity index is 0.945. The van der Waals surface area contributed by atoms with Crippen LogP contribution in [0.5, 0.6) is 0 Å². The largest absolute Gasteiger partial charge is 0.478 e. The average Bonchev–Trinajstić information content (AvgIpc) is 4.19. The monoisotopic (exact) mass is 966 g/mol. The number of ether oxygens (including phenoxy) is 1. The molecule has 2 aliphatic carbocycles. The lowest BCUT2D eigenvalue weighted by Crippen LogP contribution is -2.18. The van der Waals surface area contributed by atoms with Gasteiger partial charge in [0.25, 0.3) is 20.0 Å². The smallest absolute Gasteiger partial charge is 0.340 e. The van der Waals surface area contributed by atoms with E-state index in [1.54, 1.807) is 66.7 Å². The third kappa shape index (κ3) is 8.24. The number of hydrogen-bond acceptors (Lipinski definition) is 13. The Hall–Kier alpha value is -7.84. The molecule has 7 N–H and O–H groups in total. The number of aromatic nitrogens is 6. The first-order valence-electron chi connectivity index (χ1n) is 22.2. The van der Waals surface area contributed by atoms with E-state index < -0.39 is 32.0 Å². The van der Waals surface area contributed by atoms with E-state index in [9.17, 15) is 31.5 Å². The maximum atomic E-state index is 14.5. The van der Waals surface area contributed by atoms with Gasteiger partial charge in [0.05, 0.1) is 50.2 Å². The number of fused-ring (bicyclic) bond motifs is 2. The van der Waals surface area contributed by atoms with Crippen molar-refractivity contribution in [1.82, 2.24) is 29.1 Å². The summed E-state index contributed by atoms with van der Waals surface area (Å²) in [5.74, 6) is -1.87. The van der Waals surface area contributed by atoms with Gasteiger partial charge in [0.2, 0.25) is 0 Å². The highest BCUT2D eigenvalue weighted by Crippen LogP contribution is 2.47. The van der Waals surface area contributed by atoms with Crippen molar-refractivity contribution in [2.75, 3.05) is 28.0 Å². The second-order valence-corrected chi connectivity index (χ2v) is 20.6. The maximum Gasteiger partial charge on any atom is 0.340 e. The molecule has 4 heterocycles. The van der Waals surface area contributed by atoms with Crippen LogP contribution in [0, 0.1) is 0 Å². The van der Waals surface area contributed by atoms with E-state index in [1.807, 2.05) is 17.0 Å². The zero-order chi connectivity index (χ0) is 48.2.